The summed E-state index contributed by atoms with van der Waals surface area (Å²) in [5, 5.41) is 5.55. The third-order valence-electron chi connectivity index (χ3n) is 3.10. The number of carbonyl (C=O) groups excluding carboxylic acids is 2. The molecule has 1 aromatic heterocycles. The number of thiazole rings is 1. The average molecular weight is 282 g/mol. The van der Waals surface area contributed by atoms with Crippen LogP contribution in [0.3, 0.4) is 0 Å². The van der Waals surface area contributed by atoms with E-state index in [0.717, 1.165) is 5.01 Å². The van der Waals surface area contributed by atoms with Gasteiger partial charge in [-0.15, -0.1) is 11.3 Å². The number of hydrogen-bond acceptors (Lipinski definition) is 5. The van der Waals surface area contributed by atoms with Gasteiger partial charge in [-0.3, -0.25) is 9.59 Å². The van der Waals surface area contributed by atoms with Crippen molar-refractivity contribution >= 4 is 23.2 Å². The van der Waals surface area contributed by atoms with Gasteiger partial charge in [-0.1, -0.05) is 0 Å². The Balaban J connectivity index is 1.91. The first-order valence-corrected chi connectivity index (χ1v) is 7.17. The van der Waals surface area contributed by atoms with Crippen LogP contribution in [-0.4, -0.2) is 47.9 Å². The van der Waals surface area contributed by atoms with Gasteiger partial charge in [-0.25, -0.2) is 4.98 Å². The van der Waals surface area contributed by atoms with Crippen LogP contribution >= 0.6 is 11.3 Å². The lowest BCUT2D eigenvalue weighted by atomic mass is 10.1. The molecule has 0 radical (unpaired) electrons. The van der Waals surface area contributed by atoms with Crippen molar-refractivity contribution in [3.05, 3.63) is 16.1 Å². The van der Waals surface area contributed by atoms with E-state index in [0.29, 0.717) is 38.0 Å². The highest BCUT2D eigenvalue weighted by atomic mass is 32.1. The zero-order valence-electron chi connectivity index (χ0n) is 10.9. The number of rotatable bonds is 4. The molecule has 19 heavy (non-hydrogen) atoms. The van der Waals surface area contributed by atoms with Crippen LogP contribution in [-0.2, 0) is 11.2 Å². The molecule has 2 heterocycles. The molecular formula is C12H18N4O2S. The van der Waals surface area contributed by atoms with Crippen molar-refractivity contribution in [3.8, 4) is 0 Å². The van der Waals surface area contributed by atoms with E-state index in [2.05, 4.69) is 10.3 Å². The molecule has 1 atom stereocenters. The average Bonchev–Trinajstić information content (AvgIpc) is 2.83. The monoisotopic (exact) mass is 282 g/mol. The Morgan fingerprint density at radius 3 is 3.16 bits per heavy atom. The Bertz CT molecular complexity index is 474. The predicted molar refractivity (Wildman–Crippen MR) is 73.0 cm³/mol. The molecule has 1 fully saturated rings. The highest BCUT2D eigenvalue weighted by Gasteiger charge is 2.24. The normalized spacial score (nSPS) is 19.6. The molecule has 1 aliphatic heterocycles. The van der Waals surface area contributed by atoms with Gasteiger partial charge in [0, 0.05) is 37.9 Å². The van der Waals surface area contributed by atoms with Crippen LogP contribution in [0.4, 0.5) is 0 Å². The molecule has 2 rings (SSSR count). The summed E-state index contributed by atoms with van der Waals surface area (Å²) < 4.78 is 0. The van der Waals surface area contributed by atoms with Gasteiger partial charge in [0.1, 0.15) is 5.69 Å². The highest BCUT2D eigenvalue weighted by molar-refractivity contribution is 7.09. The van der Waals surface area contributed by atoms with Gasteiger partial charge in [0.05, 0.1) is 5.01 Å². The van der Waals surface area contributed by atoms with E-state index < -0.39 is 0 Å². The molecule has 6 nitrogen and oxygen atoms in total. The Morgan fingerprint density at radius 2 is 2.47 bits per heavy atom. The smallest absolute Gasteiger partial charge is 0.271 e. The summed E-state index contributed by atoms with van der Waals surface area (Å²) in [6, 6.07) is 0.00913. The first-order chi connectivity index (χ1) is 9.10. The van der Waals surface area contributed by atoms with Gasteiger partial charge in [0.2, 0.25) is 5.91 Å². The number of likely N-dealkylation sites (N-methyl/N-ethyl adjacent to an activating group) is 1. The quantitative estimate of drug-likeness (QED) is 0.813. The van der Waals surface area contributed by atoms with Crippen LogP contribution in [0.1, 0.15) is 28.3 Å². The van der Waals surface area contributed by atoms with Crippen molar-refractivity contribution in [1.29, 1.82) is 0 Å². The number of nitrogens with two attached hydrogens (primary N) is 1. The van der Waals surface area contributed by atoms with E-state index in [1.807, 2.05) is 0 Å². The third kappa shape index (κ3) is 3.51. The zero-order valence-corrected chi connectivity index (χ0v) is 11.7. The van der Waals surface area contributed by atoms with Gasteiger partial charge < -0.3 is 16.0 Å². The van der Waals surface area contributed by atoms with Crippen LogP contribution in [0.2, 0.25) is 0 Å². The van der Waals surface area contributed by atoms with Gasteiger partial charge in [0.15, 0.2) is 0 Å². The minimum atomic E-state index is -0.174. The molecule has 2 amide bonds. The molecule has 1 aliphatic rings. The molecule has 0 aliphatic carbocycles. The number of nitrogens with zero attached hydrogens (tertiary/aromatic N) is 2. The van der Waals surface area contributed by atoms with Crippen molar-refractivity contribution in [3.63, 3.8) is 0 Å². The van der Waals surface area contributed by atoms with E-state index in [-0.39, 0.29) is 17.9 Å². The number of hydrogen-bond donors (Lipinski definition) is 2. The molecule has 104 valence electrons. The van der Waals surface area contributed by atoms with Crippen LogP contribution in [0, 0.1) is 0 Å². The van der Waals surface area contributed by atoms with Gasteiger partial charge in [0.25, 0.3) is 5.91 Å². The van der Waals surface area contributed by atoms with Crippen LogP contribution in [0.5, 0.6) is 0 Å². The number of aromatic nitrogens is 1. The summed E-state index contributed by atoms with van der Waals surface area (Å²) in [6.45, 7) is 1.09. The molecule has 1 unspecified atom stereocenters. The van der Waals surface area contributed by atoms with E-state index in [1.54, 1.807) is 17.3 Å². The molecule has 0 spiro atoms. The van der Waals surface area contributed by atoms with E-state index in [1.165, 1.54) is 11.3 Å². The van der Waals surface area contributed by atoms with Crippen molar-refractivity contribution in [2.24, 2.45) is 5.73 Å². The lowest BCUT2D eigenvalue weighted by Gasteiger charge is -2.29. The molecule has 7 heteroatoms. The Hall–Kier alpha value is -1.47. The molecule has 0 bridgehead atoms. The summed E-state index contributed by atoms with van der Waals surface area (Å²) in [4.78, 5) is 29.3. The van der Waals surface area contributed by atoms with Gasteiger partial charge >= 0.3 is 0 Å². The fourth-order valence-corrected chi connectivity index (χ4v) is 2.84. The number of likely N-dealkylation sites (tertiary alicyclic amines) is 1. The fraction of sp³-hybridized carbons (Fsp3) is 0.583. The van der Waals surface area contributed by atoms with Crippen molar-refractivity contribution in [1.82, 2.24) is 15.2 Å². The van der Waals surface area contributed by atoms with Crippen molar-refractivity contribution in [2.45, 2.75) is 25.3 Å². The lowest BCUT2D eigenvalue weighted by Crippen LogP contribution is -2.48. The van der Waals surface area contributed by atoms with Crippen LogP contribution in [0.15, 0.2) is 5.38 Å². The first-order valence-electron chi connectivity index (χ1n) is 6.29. The maximum atomic E-state index is 12.0. The second kappa shape index (κ2) is 6.12. The Kier molecular flexibility index (Phi) is 4.49. The van der Waals surface area contributed by atoms with E-state index in [4.69, 9.17) is 5.73 Å². The molecular weight excluding hydrogens is 264 g/mol. The minimum absolute atomic E-state index is 0.00913. The summed E-state index contributed by atoms with van der Waals surface area (Å²) >= 11 is 1.45. The van der Waals surface area contributed by atoms with E-state index in [9.17, 15) is 9.59 Å². The van der Waals surface area contributed by atoms with Crippen molar-refractivity contribution in [2.75, 3.05) is 20.1 Å². The Labute approximate surface area is 116 Å². The molecule has 1 aromatic rings. The first kappa shape index (κ1) is 14.0. The molecule has 0 saturated carbocycles. The molecule has 0 aromatic carbocycles. The van der Waals surface area contributed by atoms with Crippen LogP contribution < -0.4 is 11.1 Å². The summed E-state index contributed by atoms with van der Waals surface area (Å²) in [7, 11) is 1.75. The second-order valence-electron chi connectivity index (χ2n) is 4.65. The summed E-state index contributed by atoms with van der Waals surface area (Å²) in [6.07, 6.45) is 1.87. The Morgan fingerprint density at radius 1 is 1.68 bits per heavy atom. The summed E-state index contributed by atoms with van der Waals surface area (Å²) in [5.41, 5.74) is 5.89. The number of piperidine rings is 1. The number of carbonyl (C=O) groups is 2. The molecule has 3 N–H and O–H groups in total. The predicted octanol–water partition coefficient (Wildman–Crippen LogP) is -0.00510. The van der Waals surface area contributed by atoms with E-state index >= 15 is 0 Å². The van der Waals surface area contributed by atoms with Crippen LogP contribution in [0.25, 0.3) is 0 Å². The lowest BCUT2D eigenvalue weighted by molar-refractivity contribution is -0.132. The maximum absolute atomic E-state index is 12.0. The second-order valence-corrected chi connectivity index (χ2v) is 5.59. The van der Waals surface area contributed by atoms with Gasteiger partial charge in [-0.2, -0.15) is 0 Å². The summed E-state index contributed by atoms with van der Waals surface area (Å²) in [5.74, 6) is -0.0448. The SMILES string of the molecule is CN1CC(NC(=O)c2csc(CCN)n2)CCC1=O. The number of amides is 2. The minimum Gasteiger partial charge on any atom is -0.346 e. The highest BCUT2D eigenvalue weighted by Crippen LogP contribution is 2.13. The maximum Gasteiger partial charge on any atom is 0.271 e. The molecule has 1 saturated heterocycles. The third-order valence-corrected chi connectivity index (χ3v) is 4.01. The van der Waals surface area contributed by atoms with Gasteiger partial charge in [-0.05, 0) is 13.0 Å². The largest absolute Gasteiger partial charge is 0.346 e. The fourth-order valence-electron chi connectivity index (χ4n) is 2.04. The number of nitrogens with one attached hydrogen (secondary N) is 1. The standard InChI is InChI=1S/C12H18N4O2S/c1-16-6-8(2-3-11(16)17)14-12(18)9-7-19-10(15-9)4-5-13/h7-8H,2-6,13H2,1H3,(H,14,18). The topological polar surface area (TPSA) is 88.3 Å². The zero-order chi connectivity index (χ0) is 13.8. The van der Waals surface area contributed by atoms with Crippen molar-refractivity contribution < 1.29 is 9.59 Å².